The van der Waals surface area contributed by atoms with Crippen LogP contribution in [0.2, 0.25) is 5.02 Å². The second-order valence-corrected chi connectivity index (χ2v) is 6.43. The van der Waals surface area contributed by atoms with Gasteiger partial charge in [-0.15, -0.1) is 0 Å². The Balaban J connectivity index is 2.31. The van der Waals surface area contributed by atoms with Crippen LogP contribution in [-0.4, -0.2) is 37.9 Å². The summed E-state index contributed by atoms with van der Waals surface area (Å²) in [6.07, 6.45) is 2.25. The molecule has 7 heteroatoms. The highest BCUT2D eigenvalue weighted by molar-refractivity contribution is 6.33. The zero-order valence-electron chi connectivity index (χ0n) is 16.2. The van der Waals surface area contributed by atoms with Gasteiger partial charge in [0.2, 0.25) is 0 Å². The van der Waals surface area contributed by atoms with Crippen molar-refractivity contribution in [2.75, 3.05) is 26.1 Å². The highest BCUT2D eigenvalue weighted by Crippen LogP contribution is 2.28. The summed E-state index contributed by atoms with van der Waals surface area (Å²) in [5.41, 5.74) is 2.40. The van der Waals surface area contributed by atoms with Gasteiger partial charge in [-0.3, -0.25) is 4.79 Å². The van der Waals surface area contributed by atoms with Crippen LogP contribution < -0.4 is 15.4 Å². The van der Waals surface area contributed by atoms with E-state index in [9.17, 15) is 9.90 Å². The summed E-state index contributed by atoms with van der Waals surface area (Å²) in [6.45, 7) is 2.46. The van der Waals surface area contributed by atoms with Crippen LogP contribution in [0.1, 0.15) is 12.5 Å². The lowest BCUT2D eigenvalue weighted by atomic mass is 10.1. The van der Waals surface area contributed by atoms with E-state index in [1.54, 1.807) is 31.3 Å². The number of carbonyl (C=O) groups is 1. The Kier molecular flexibility index (Phi) is 8.17. The molecular formula is C21H25ClN2O4. The standard InChI is InChI=1S/C21H25ClN2O4/c1-4-28-17-9-10-19(18(22)13-17)24-15(12-20(23-2)21(26)27-3)11-14-5-7-16(25)8-6-14/h5-10,12-13,20,23-25H,4,11H2,1-3H3/b15-12-. The molecule has 6 nitrogen and oxygen atoms in total. The summed E-state index contributed by atoms with van der Waals surface area (Å²) in [6, 6.07) is 11.6. The number of methoxy groups -OCH3 is 1. The monoisotopic (exact) mass is 404 g/mol. The van der Waals surface area contributed by atoms with Crippen LogP contribution in [0, 0.1) is 0 Å². The number of ether oxygens (including phenoxy) is 2. The maximum atomic E-state index is 12.0. The van der Waals surface area contributed by atoms with Gasteiger partial charge in [-0.05, 0) is 49.9 Å². The fraction of sp³-hybridized carbons (Fsp3) is 0.286. The summed E-state index contributed by atoms with van der Waals surface area (Å²) >= 11 is 6.38. The topological polar surface area (TPSA) is 79.8 Å². The average molecular weight is 405 g/mol. The molecule has 2 aromatic carbocycles. The zero-order chi connectivity index (χ0) is 20.5. The molecule has 150 valence electrons. The maximum Gasteiger partial charge on any atom is 0.326 e. The van der Waals surface area contributed by atoms with Crippen LogP contribution in [0.15, 0.2) is 54.2 Å². The molecule has 0 radical (unpaired) electrons. The van der Waals surface area contributed by atoms with E-state index in [0.29, 0.717) is 29.5 Å². The highest BCUT2D eigenvalue weighted by Gasteiger charge is 2.16. The van der Waals surface area contributed by atoms with Crippen molar-refractivity contribution < 1.29 is 19.4 Å². The smallest absolute Gasteiger partial charge is 0.326 e. The van der Waals surface area contributed by atoms with E-state index in [-0.39, 0.29) is 5.75 Å². The second-order valence-electron chi connectivity index (χ2n) is 6.02. The molecule has 0 amide bonds. The largest absolute Gasteiger partial charge is 0.508 e. The molecule has 0 aliphatic rings. The number of rotatable bonds is 9. The van der Waals surface area contributed by atoms with Crippen molar-refractivity contribution >= 4 is 23.3 Å². The van der Waals surface area contributed by atoms with E-state index in [0.717, 1.165) is 11.3 Å². The van der Waals surface area contributed by atoms with Gasteiger partial charge in [0.15, 0.2) is 0 Å². The first-order valence-electron chi connectivity index (χ1n) is 8.89. The van der Waals surface area contributed by atoms with Gasteiger partial charge in [-0.2, -0.15) is 0 Å². The molecule has 0 saturated heterocycles. The first-order valence-corrected chi connectivity index (χ1v) is 9.27. The summed E-state index contributed by atoms with van der Waals surface area (Å²) in [7, 11) is 3.02. The number of carbonyl (C=O) groups excluding carboxylic acids is 1. The SMILES string of the molecule is CCOc1ccc(N/C(=C\C(NC)C(=O)OC)Cc2ccc(O)cc2)c(Cl)c1. The number of likely N-dealkylation sites (N-methyl/N-ethyl adjacent to an activating group) is 1. The minimum absolute atomic E-state index is 0.194. The maximum absolute atomic E-state index is 12.0. The Hall–Kier alpha value is -2.70. The number of aromatic hydroxyl groups is 1. The van der Waals surface area contributed by atoms with Crippen molar-refractivity contribution in [3.63, 3.8) is 0 Å². The number of allylic oxidation sites excluding steroid dienone is 1. The Bertz CT molecular complexity index is 822. The quantitative estimate of drug-likeness (QED) is 0.552. The lowest BCUT2D eigenvalue weighted by molar-refractivity contribution is -0.141. The number of anilines is 1. The molecule has 0 saturated carbocycles. The predicted molar refractivity (Wildman–Crippen MR) is 111 cm³/mol. The van der Waals surface area contributed by atoms with Crippen LogP contribution in [0.4, 0.5) is 5.69 Å². The van der Waals surface area contributed by atoms with E-state index in [1.165, 1.54) is 7.11 Å². The number of nitrogens with one attached hydrogen (secondary N) is 2. The van der Waals surface area contributed by atoms with Crippen LogP contribution in [0.25, 0.3) is 0 Å². The number of phenolic OH excluding ortho intramolecular Hbond substituents is 1. The van der Waals surface area contributed by atoms with Crippen molar-refractivity contribution in [3.8, 4) is 11.5 Å². The Morgan fingerprint density at radius 1 is 1.25 bits per heavy atom. The minimum Gasteiger partial charge on any atom is -0.508 e. The van der Waals surface area contributed by atoms with Gasteiger partial charge in [-0.1, -0.05) is 23.7 Å². The highest BCUT2D eigenvalue weighted by atomic mass is 35.5. The normalized spacial score (nSPS) is 12.4. The number of benzene rings is 2. The number of phenols is 1. The Morgan fingerprint density at radius 2 is 1.96 bits per heavy atom. The molecule has 0 fully saturated rings. The third-order valence-corrected chi connectivity index (χ3v) is 4.32. The summed E-state index contributed by atoms with van der Waals surface area (Å²) in [4.78, 5) is 12.0. The summed E-state index contributed by atoms with van der Waals surface area (Å²) in [5.74, 6) is 0.481. The molecule has 0 spiro atoms. The fourth-order valence-electron chi connectivity index (χ4n) is 2.60. The fourth-order valence-corrected chi connectivity index (χ4v) is 2.82. The molecule has 0 bridgehead atoms. The molecular weight excluding hydrogens is 380 g/mol. The van der Waals surface area contributed by atoms with E-state index in [2.05, 4.69) is 10.6 Å². The molecule has 28 heavy (non-hydrogen) atoms. The molecule has 0 heterocycles. The van der Waals surface area contributed by atoms with Gasteiger partial charge in [0.25, 0.3) is 0 Å². The van der Waals surface area contributed by atoms with Crippen LogP contribution in [0.3, 0.4) is 0 Å². The lowest BCUT2D eigenvalue weighted by Crippen LogP contribution is -2.34. The molecule has 0 aliphatic heterocycles. The third-order valence-electron chi connectivity index (χ3n) is 4.01. The zero-order valence-corrected chi connectivity index (χ0v) is 16.9. The van der Waals surface area contributed by atoms with E-state index in [4.69, 9.17) is 21.1 Å². The first-order chi connectivity index (χ1) is 13.5. The lowest BCUT2D eigenvalue weighted by Gasteiger charge is -2.17. The van der Waals surface area contributed by atoms with Gasteiger partial charge in [-0.25, -0.2) is 0 Å². The predicted octanol–water partition coefficient (Wildman–Crippen LogP) is 3.74. The molecule has 2 rings (SSSR count). The van der Waals surface area contributed by atoms with Crippen molar-refractivity contribution in [1.82, 2.24) is 5.32 Å². The number of esters is 1. The molecule has 0 aromatic heterocycles. The second kappa shape index (κ2) is 10.6. The number of hydrogen-bond acceptors (Lipinski definition) is 6. The van der Waals surface area contributed by atoms with E-state index in [1.807, 2.05) is 31.2 Å². The van der Waals surface area contributed by atoms with Gasteiger partial charge >= 0.3 is 5.97 Å². The van der Waals surface area contributed by atoms with E-state index >= 15 is 0 Å². The van der Waals surface area contributed by atoms with Gasteiger partial charge in [0.1, 0.15) is 17.5 Å². The van der Waals surface area contributed by atoms with Crippen molar-refractivity contribution in [2.24, 2.45) is 0 Å². The minimum atomic E-state index is -0.619. The first kappa shape index (κ1) is 21.6. The summed E-state index contributed by atoms with van der Waals surface area (Å²) in [5, 5.41) is 16.2. The third kappa shape index (κ3) is 6.18. The molecule has 1 atom stereocenters. The van der Waals surface area contributed by atoms with Gasteiger partial charge in [0, 0.05) is 18.2 Å². The summed E-state index contributed by atoms with van der Waals surface area (Å²) < 4.78 is 10.3. The van der Waals surface area contributed by atoms with Crippen molar-refractivity contribution in [2.45, 2.75) is 19.4 Å². The van der Waals surface area contributed by atoms with Crippen LogP contribution >= 0.6 is 11.6 Å². The molecule has 1 unspecified atom stereocenters. The molecule has 2 aromatic rings. The van der Waals surface area contributed by atoms with Gasteiger partial charge in [0.05, 0.1) is 24.4 Å². The number of hydrogen-bond donors (Lipinski definition) is 3. The van der Waals surface area contributed by atoms with Crippen LogP contribution in [-0.2, 0) is 16.0 Å². The number of halogens is 1. The Labute approximate surface area is 170 Å². The van der Waals surface area contributed by atoms with E-state index < -0.39 is 12.0 Å². The average Bonchev–Trinajstić information content (AvgIpc) is 2.69. The van der Waals surface area contributed by atoms with Crippen LogP contribution in [0.5, 0.6) is 11.5 Å². The van der Waals surface area contributed by atoms with Crippen molar-refractivity contribution in [1.29, 1.82) is 0 Å². The molecule has 0 aliphatic carbocycles. The molecule has 3 N–H and O–H groups in total. The van der Waals surface area contributed by atoms with Crippen molar-refractivity contribution in [3.05, 3.63) is 64.8 Å². The van der Waals surface area contributed by atoms with Gasteiger partial charge < -0.3 is 25.2 Å². The Morgan fingerprint density at radius 3 is 2.54 bits per heavy atom.